The summed E-state index contributed by atoms with van der Waals surface area (Å²) in [6, 6.07) is 15.5. The second kappa shape index (κ2) is 8.81. The zero-order valence-corrected chi connectivity index (χ0v) is 18.2. The predicted molar refractivity (Wildman–Crippen MR) is 120 cm³/mol. The highest BCUT2D eigenvalue weighted by molar-refractivity contribution is 6.30. The molecular weight excluding hydrogens is 414 g/mol. The van der Waals surface area contributed by atoms with Gasteiger partial charge in [-0.15, -0.1) is 5.10 Å². The van der Waals surface area contributed by atoms with Gasteiger partial charge >= 0.3 is 0 Å². The Morgan fingerprint density at radius 1 is 1.23 bits per heavy atom. The van der Waals surface area contributed by atoms with E-state index in [1.165, 1.54) is 0 Å². The van der Waals surface area contributed by atoms with Gasteiger partial charge in [0.1, 0.15) is 0 Å². The lowest BCUT2D eigenvalue weighted by Crippen LogP contribution is -2.47. The molecule has 31 heavy (non-hydrogen) atoms. The maximum absolute atomic E-state index is 12.8. The highest BCUT2D eigenvalue weighted by Gasteiger charge is 2.31. The molecule has 0 unspecified atom stereocenters. The molecule has 0 saturated carbocycles. The number of benzene rings is 2. The number of rotatable bonds is 8. The third kappa shape index (κ3) is 4.88. The minimum atomic E-state index is -1.09. The van der Waals surface area contributed by atoms with E-state index >= 15 is 0 Å². The Balaban J connectivity index is 1.51. The summed E-state index contributed by atoms with van der Waals surface area (Å²) in [4.78, 5) is 19.8. The fraction of sp³-hybridized carbons (Fsp3) is 0.261. The van der Waals surface area contributed by atoms with Crippen molar-refractivity contribution in [2.24, 2.45) is 0 Å². The van der Waals surface area contributed by atoms with Gasteiger partial charge in [0.05, 0.1) is 23.8 Å². The highest BCUT2D eigenvalue weighted by atomic mass is 35.5. The van der Waals surface area contributed by atoms with Gasteiger partial charge in [0.25, 0.3) is 5.91 Å². The van der Waals surface area contributed by atoms with Crippen LogP contribution in [0.5, 0.6) is 5.88 Å². The first kappa shape index (κ1) is 20.9. The molecule has 0 aliphatic carbocycles. The number of hydrogen-bond acceptors (Lipinski definition) is 4. The van der Waals surface area contributed by atoms with Gasteiger partial charge in [-0.1, -0.05) is 35.9 Å². The molecule has 4 rings (SSSR count). The lowest BCUT2D eigenvalue weighted by Gasteiger charge is -2.24. The van der Waals surface area contributed by atoms with Crippen LogP contribution in [0.1, 0.15) is 25.1 Å². The molecule has 7 nitrogen and oxygen atoms in total. The number of para-hydroxylation sites is 1. The molecule has 0 aliphatic rings. The molecule has 2 aromatic heterocycles. The Bertz CT molecular complexity index is 1180. The number of aromatic amines is 1. The first-order valence-corrected chi connectivity index (χ1v) is 10.4. The number of nitrogens with one attached hydrogen (secondary N) is 2. The fourth-order valence-corrected chi connectivity index (χ4v) is 3.55. The first-order chi connectivity index (χ1) is 14.9. The Morgan fingerprint density at radius 3 is 2.84 bits per heavy atom. The van der Waals surface area contributed by atoms with E-state index in [9.17, 15) is 4.79 Å². The van der Waals surface area contributed by atoms with Gasteiger partial charge in [0.15, 0.2) is 5.60 Å². The number of fused-ring (bicyclic) bond motifs is 1. The third-order valence-corrected chi connectivity index (χ3v) is 5.21. The molecule has 4 aromatic rings. The van der Waals surface area contributed by atoms with E-state index in [0.29, 0.717) is 30.4 Å². The number of carbonyl (C=O) groups is 1. The number of H-pyrrole nitrogens is 1. The van der Waals surface area contributed by atoms with Crippen molar-refractivity contribution in [2.75, 3.05) is 6.54 Å². The molecule has 160 valence electrons. The first-order valence-electron chi connectivity index (χ1n) is 10.1. The normalized spacial score (nSPS) is 11.6. The van der Waals surface area contributed by atoms with Crippen LogP contribution in [0.25, 0.3) is 10.9 Å². The zero-order valence-electron chi connectivity index (χ0n) is 17.4. The van der Waals surface area contributed by atoms with Crippen LogP contribution < -0.4 is 10.1 Å². The van der Waals surface area contributed by atoms with Crippen molar-refractivity contribution < 1.29 is 9.53 Å². The van der Waals surface area contributed by atoms with Crippen LogP contribution in [0.4, 0.5) is 0 Å². The molecule has 0 saturated heterocycles. The molecule has 2 aromatic carbocycles. The van der Waals surface area contributed by atoms with Crippen molar-refractivity contribution in [2.45, 2.75) is 32.4 Å². The molecule has 0 aliphatic heterocycles. The number of carbonyl (C=O) groups excluding carboxylic acids is 1. The lowest BCUT2D eigenvalue weighted by molar-refractivity contribution is -0.134. The molecule has 1 amide bonds. The van der Waals surface area contributed by atoms with Gasteiger partial charge in [-0.2, -0.15) is 0 Å². The summed E-state index contributed by atoms with van der Waals surface area (Å²) in [6.07, 6.45) is 4.03. The average Bonchev–Trinajstić information content (AvgIpc) is 3.37. The lowest BCUT2D eigenvalue weighted by atomic mass is 10.1. The van der Waals surface area contributed by atoms with Crippen molar-refractivity contribution in [1.29, 1.82) is 0 Å². The summed E-state index contributed by atoms with van der Waals surface area (Å²) in [5.41, 5.74) is 1.83. The third-order valence-electron chi connectivity index (χ3n) is 4.98. The summed E-state index contributed by atoms with van der Waals surface area (Å²) in [5.74, 6) is 0.215. The summed E-state index contributed by atoms with van der Waals surface area (Å²) in [6.45, 7) is 4.51. The van der Waals surface area contributed by atoms with Gasteiger partial charge in [-0.05, 0) is 43.7 Å². The standard InChI is InChI=1S/C23H24ClN5O2/c1-23(2,22(30)26-11-10-18-13-25-15-27-18)31-21-19-8-3-4-9-20(19)29(28-21)14-16-6-5-7-17(24)12-16/h3-9,12-13,15H,10-11,14H2,1-2H3,(H,25,27)(H,26,30). The molecule has 0 spiro atoms. The van der Waals surface area contributed by atoms with Crippen LogP contribution in [0.3, 0.4) is 0 Å². The van der Waals surface area contributed by atoms with E-state index < -0.39 is 5.60 Å². The number of imidazole rings is 1. The summed E-state index contributed by atoms with van der Waals surface area (Å²) in [5, 5.41) is 9.11. The minimum Gasteiger partial charge on any atom is -0.460 e. The Morgan fingerprint density at radius 2 is 2.06 bits per heavy atom. The monoisotopic (exact) mass is 437 g/mol. The smallest absolute Gasteiger partial charge is 0.263 e. The molecule has 2 heterocycles. The van der Waals surface area contributed by atoms with Crippen LogP contribution in [0, 0.1) is 0 Å². The highest BCUT2D eigenvalue weighted by Crippen LogP contribution is 2.28. The van der Waals surface area contributed by atoms with Crippen LogP contribution in [-0.4, -0.2) is 37.8 Å². The van der Waals surface area contributed by atoms with Crippen molar-refractivity contribution in [3.63, 3.8) is 0 Å². The van der Waals surface area contributed by atoms with Crippen LogP contribution in [-0.2, 0) is 17.8 Å². The van der Waals surface area contributed by atoms with Crippen molar-refractivity contribution in [3.8, 4) is 5.88 Å². The van der Waals surface area contributed by atoms with E-state index in [1.807, 2.05) is 53.2 Å². The number of ether oxygens (including phenoxy) is 1. The van der Waals surface area contributed by atoms with Crippen molar-refractivity contribution >= 4 is 28.4 Å². The van der Waals surface area contributed by atoms with Crippen molar-refractivity contribution in [1.82, 2.24) is 25.1 Å². The van der Waals surface area contributed by atoms with E-state index in [-0.39, 0.29) is 5.91 Å². The Labute approximate surface area is 185 Å². The van der Waals surface area contributed by atoms with E-state index in [1.54, 1.807) is 26.4 Å². The predicted octanol–water partition coefficient (Wildman–Crippen LogP) is 3.98. The quantitative estimate of drug-likeness (QED) is 0.436. The number of aromatic nitrogens is 4. The molecule has 0 fully saturated rings. The molecule has 0 radical (unpaired) electrons. The number of hydrogen-bond donors (Lipinski definition) is 2. The molecule has 2 N–H and O–H groups in total. The topological polar surface area (TPSA) is 84.8 Å². The summed E-state index contributed by atoms with van der Waals surface area (Å²) < 4.78 is 7.98. The SMILES string of the molecule is CC(C)(Oc1nn(Cc2cccc(Cl)c2)c2ccccc12)C(=O)NCCc1cnc[nH]1. The molecule has 0 atom stereocenters. The van der Waals surface area contributed by atoms with E-state index in [2.05, 4.69) is 20.4 Å². The minimum absolute atomic E-state index is 0.208. The Hall–Kier alpha value is -3.32. The molecule has 8 heteroatoms. The van der Waals surface area contributed by atoms with Crippen LogP contribution >= 0.6 is 11.6 Å². The summed E-state index contributed by atoms with van der Waals surface area (Å²) >= 11 is 6.13. The van der Waals surface area contributed by atoms with E-state index in [0.717, 1.165) is 22.2 Å². The van der Waals surface area contributed by atoms with Crippen LogP contribution in [0.15, 0.2) is 61.1 Å². The van der Waals surface area contributed by atoms with Gasteiger partial charge < -0.3 is 15.0 Å². The van der Waals surface area contributed by atoms with E-state index in [4.69, 9.17) is 16.3 Å². The maximum Gasteiger partial charge on any atom is 0.263 e. The molecule has 0 bridgehead atoms. The zero-order chi connectivity index (χ0) is 21.8. The fourth-order valence-electron chi connectivity index (χ4n) is 3.33. The number of halogens is 1. The second-order valence-corrected chi connectivity index (χ2v) is 8.24. The largest absolute Gasteiger partial charge is 0.460 e. The van der Waals surface area contributed by atoms with Crippen LogP contribution in [0.2, 0.25) is 5.02 Å². The average molecular weight is 438 g/mol. The second-order valence-electron chi connectivity index (χ2n) is 7.80. The van der Waals surface area contributed by atoms with Gasteiger partial charge in [-0.25, -0.2) is 4.98 Å². The van der Waals surface area contributed by atoms with Crippen molar-refractivity contribution in [3.05, 3.63) is 77.3 Å². The molecular formula is C23H24ClN5O2. The maximum atomic E-state index is 12.8. The number of amides is 1. The van der Waals surface area contributed by atoms with Gasteiger partial charge in [-0.3, -0.25) is 9.48 Å². The van der Waals surface area contributed by atoms with Gasteiger partial charge in [0, 0.05) is 29.9 Å². The summed E-state index contributed by atoms with van der Waals surface area (Å²) in [7, 11) is 0. The Kier molecular flexibility index (Phi) is 5.95. The van der Waals surface area contributed by atoms with Gasteiger partial charge in [0.2, 0.25) is 5.88 Å². The number of nitrogens with zero attached hydrogens (tertiary/aromatic N) is 3.